The van der Waals surface area contributed by atoms with E-state index in [9.17, 15) is 4.79 Å². The molecule has 0 aliphatic carbocycles. The van der Waals surface area contributed by atoms with Crippen molar-refractivity contribution in [3.05, 3.63) is 64.7 Å². The highest BCUT2D eigenvalue weighted by Crippen LogP contribution is 2.28. The lowest BCUT2D eigenvalue weighted by Gasteiger charge is -2.11. The van der Waals surface area contributed by atoms with Crippen molar-refractivity contribution in [1.29, 1.82) is 0 Å². The number of nitrogens with one attached hydrogen (secondary N) is 3. The predicted molar refractivity (Wildman–Crippen MR) is 102 cm³/mol. The molecule has 7 heteroatoms. The minimum atomic E-state index is -0.381. The maximum Gasteiger partial charge on any atom is 0.258 e. The molecule has 1 saturated heterocycles. The molecule has 0 saturated carbocycles. The van der Waals surface area contributed by atoms with Crippen molar-refractivity contribution >= 4 is 23.7 Å². The van der Waals surface area contributed by atoms with Gasteiger partial charge >= 0.3 is 0 Å². The molecule has 0 aromatic heterocycles. The van der Waals surface area contributed by atoms with E-state index in [1.54, 1.807) is 6.21 Å². The summed E-state index contributed by atoms with van der Waals surface area (Å²) in [4.78, 5) is 12.3. The van der Waals surface area contributed by atoms with Gasteiger partial charge in [0.05, 0.1) is 12.8 Å². The molecule has 0 bridgehead atoms. The minimum Gasteiger partial charge on any atom is -0.494 e. The van der Waals surface area contributed by atoms with Crippen LogP contribution >= 0.6 is 11.6 Å². The van der Waals surface area contributed by atoms with Gasteiger partial charge in [-0.05, 0) is 54.8 Å². The molecule has 2 aromatic carbocycles. The summed E-state index contributed by atoms with van der Waals surface area (Å²) < 4.78 is 5.39. The van der Waals surface area contributed by atoms with Gasteiger partial charge in [0.15, 0.2) is 0 Å². The molecular weight excluding hydrogens is 352 g/mol. The molecule has 1 aliphatic rings. The summed E-state index contributed by atoms with van der Waals surface area (Å²) >= 11 is 6.21. The van der Waals surface area contributed by atoms with E-state index in [1.807, 2.05) is 55.5 Å². The Morgan fingerprint density at radius 1 is 1.27 bits per heavy atom. The van der Waals surface area contributed by atoms with Crippen molar-refractivity contribution < 1.29 is 9.53 Å². The highest BCUT2D eigenvalue weighted by atomic mass is 35.5. The molecule has 3 N–H and O–H groups in total. The first-order chi connectivity index (χ1) is 12.7. The van der Waals surface area contributed by atoms with E-state index in [2.05, 4.69) is 21.4 Å². The van der Waals surface area contributed by atoms with Crippen LogP contribution in [-0.4, -0.2) is 24.8 Å². The zero-order valence-corrected chi connectivity index (χ0v) is 15.2. The highest BCUT2D eigenvalue weighted by Gasteiger charge is 2.30. The van der Waals surface area contributed by atoms with Gasteiger partial charge in [-0.2, -0.15) is 5.10 Å². The summed E-state index contributed by atoms with van der Waals surface area (Å²) in [5.41, 5.74) is 10.5. The molecule has 3 rings (SSSR count). The number of hydrazine groups is 1. The van der Waals surface area contributed by atoms with Crippen molar-refractivity contribution in [2.75, 3.05) is 6.61 Å². The number of hydrogen-bond acceptors (Lipinski definition) is 5. The van der Waals surface area contributed by atoms with Crippen LogP contribution in [0.15, 0.2) is 53.6 Å². The van der Waals surface area contributed by atoms with Crippen LogP contribution in [-0.2, 0) is 4.79 Å². The fourth-order valence-electron chi connectivity index (χ4n) is 2.75. The minimum absolute atomic E-state index is 0.0189. The molecule has 26 heavy (non-hydrogen) atoms. The summed E-state index contributed by atoms with van der Waals surface area (Å²) in [5, 5.41) is 4.70. The fraction of sp³-hybridized carbons (Fsp3) is 0.263. The number of amides is 1. The predicted octanol–water partition coefficient (Wildman–Crippen LogP) is 2.80. The molecule has 2 atom stereocenters. The van der Waals surface area contributed by atoms with E-state index in [-0.39, 0.29) is 18.0 Å². The van der Waals surface area contributed by atoms with Crippen LogP contribution in [0, 0.1) is 0 Å². The van der Waals surface area contributed by atoms with Crippen molar-refractivity contribution in [3.63, 3.8) is 0 Å². The van der Waals surface area contributed by atoms with E-state index < -0.39 is 0 Å². The lowest BCUT2D eigenvalue weighted by Crippen LogP contribution is -2.41. The van der Waals surface area contributed by atoms with Crippen LogP contribution in [0.5, 0.6) is 5.75 Å². The number of carbonyl (C=O) groups is 1. The maximum atomic E-state index is 12.3. The third kappa shape index (κ3) is 4.60. The fourth-order valence-corrected chi connectivity index (χ4v) is 3.02. The normalized spacial score (nSPS) is 19.6. The monoisotopic (exact) mass is 372 g/mol. The topological polar surface area (TPSA) is 74.8 Å². The summed E-state index contributed by atoms with van der Waals surface area (Å²) in [6, 6.07) is 14.7. The average molecular weight is 373 g/mol. The molecule has 2 aromatic rings. The Kier molecular flexibility index (Phi) is 6.22. The number of hydrazone groups is 1. The zero-order chi connectivity index (χ0) is 18.4. The first-order valence-corrected chi connectivity index (χ1v) is 8.86. The quantitative estimate of drug-likeness (QED) is 0.538. The van der Waals surface area contributed by atoms with Crippen molar-refractivity contribution in [3.8, 4) is 5.75 Å². The van der Waals surface area contributed by atoms with Crippen LogP contribution < -0.4 is 21.0 Å². The molecule has 1 heterocycles. The second-order valence-electron chi connectivity index (χ2n) is 5.89. The third-order valence-corrected chi connectivity index (χ3v) is 4.42. The SMILES string of the molecule is CCOc1ccc(/C=N/NC(=O)C2CC(c3ccccc3Cl)NN2)cc1. The summed E-state index contributed by atoms with van der Waals surface area (Å²) in [5.74, 6) is 0.606. The first-order valence-electron chi connectivity index (χ1n) is 8.48. The molecule has 1 fully saturated rings. The number of ether oxygens (including phenoxy) is 1. The highest BCUT2D eigenvalue weighted by molar-refractivity contribution is 6.31. The number of carbonyl (C=O) groups excluding carboxylic acids is 1. The summed E-state index contributed by atoms with van der Waals surface area (Å²) in [6.45, 7) is 2.56. The molecule has 6 nitrogen and oxygen atoms in total. The van der Waals surface area contributed by atoms with Gasteiger partial charge in [0.1, 0.15) is 11.8 Å². The van der Waals surface area contributed by atoms with Gasteiger partial charge in [0, 0.05) is 11.1 Å². The van der Waals surface area contributed by atoms with Gasteiger partial charge in [0.2, 0.25) is 0 Å². The Morgan fingerprint density at radius 3 is 2.77 bits per heavy atom. The van der Waals surface area contributed by atoms with E-state index in [0.29, 0.717) is 18.1 Å². The Morgan fingerprint density at radius 2 is 2.04 bits per heavy atom. The maximum absolute atomic E-state index is 12.3. The van der Waals surface area contributed by atoms with Gasteiger partial charge in [-0.25, -0.2) is 16.3 Å². The molecule has 0 radical (unpaired) electrons. The van der Waals surface area contributed by atoms with Crippen LogP contribution in [0.3, 0.4) is 0 Å². The molecule has 136 valence electrons. The standard InChI is InChI=1S/C19H21ClN4O2/c1-2-26-14-9-7-13(8-10-14)12-21-24-19(25)18-11-17(22-23-18)15-5-3-4-6-16(15)20/h3-10,12,17-18,22-23H,2,11H2,1H3,(H,24,25)/b21-12+. The zero-order valence-electron chi connectivity index (χ0n) is 14.4. The number of benzene rings is 2. The Hall–Kier alpha value is -2.41. The number of halogens is 1. The number of nitrogens with zero attached hydrogens (tertiary/aromatic N) is 1. The Bertz CT molecular complexity index is 779. The first kappa shape index (κ1) is 18.4. The van der Waals surface area contributed by atoms with E-state index in [1.165, 1.54) is 0 Å². The van der Waals surface area contributed by atoms with Crippen LogP contribution in [0.2, 0.25) is 5.02 Å². The molecule has 1 aliphatic heterocycles. The number of hydrogen-bond donors (Lipinski definition) is 3. The van der Waals surface area contributed by atoms with Crippen molar-refractivity contribution in [2.24, 2.45) is 5.10 Å². The van der Waals surface area contributed by atoms with E-state index >= 15 is 0 Å². The average Bonchev–Trinajstić information content (AvgIpc) is 3.14. The second-order valence-corrected chi connectivity index (χ2v) is 6.29. The molecule has 1 amide bonds. The van der Waals surface area contributed by atoms with Gasteiger partial charge in [0.25, 0.3) is 5.91 Å². The van der Waals surface area contributed by atoms with Crippen LogP contribution in [0.4, 0.5) is 0 Å². The second kappa shape index (κ2) is 8.80. The Balaban J connectivity index is 1.52. The summed E-state index contributed by atoms with van der Waals surface area (Å²) in [6.07, 6.45) is 2.19. The van der Waals surface area contributed by atoms with Gasteiger partial charge in [-0.15, -0.1) is 0 Å². The lowest BCUT2D eigenvalue weighted by atomic mass is 10.0. The lowest BCUT2D eigenvalue weighted by molar-refractivity contribution is -0.122. The summed E-state index contributed by atoms with van der Waals surface area (Å²) in [7, 11) is 0. The smallest absolute Gasteiger partial charge is 0.258 e. The van der Waals surface area contributed by atoms with E-state index in [0.717, 1.165) is 16.9 Å². The van der Waals surface area contributed by atoms with Crippen molar-refractivity contribution in [1.82, 2.24) is 16.3 Å². The van der Waals surface area contributed by atoms with E-state index in [4.69, 9.17) is 16.3 Å². The van der Waals surface area contributed by atoms with Gasteiger partial charge in [-0.1, -0.05) is 29.8 Å². The van der Waals surface area contributed by atoms with Gasteiger partial charge < -0.3 is 4.74 Å². The third-order valence-electron chi connectivity index (χ3n) is 4.08. The molecule has 0 spiro atoms. The van der Waals surface area contributed by atoms with Crippen LogP contribution in [0.1, 0.15) is 30.5 Å². The van der Waals surface area contributed by atoms with Crippen LogP contribution in [0.25, 0.3) is 0 Å². The Labute approximate surface area is 157 Å². The van der Waals surface area contributed by atoms with Crippen molar-refractivity contribution in [2.45, 2.75) is 25.4 Å². The van der Waals surface area contributed by atoms with Gasteiger partial charge in [-0.3, -0.25) is 4.79 Å². The number of rotatable bonds is 6. The molecular formula is C19H21ClN4O2. The molecule has 2 unspecified atom stereocenters. The largest absolute Gasteiger partial charge is 0.494 e.